The number of amides is 1. The van der Waals surface area contributed by atoms with Gasteiger partial charge in [-0.3, -0.25) is 4.79 Å². The Morgan fingerprint density at radius 1 is 1.30 bits per heavy atom. The van der Waals surface area contributed by atoms with Crippen molar-refractivity contribution in [3.8, 4) is 0 Å². The molecule has 0 aliphatic heterocycles. The quantitative estimate of drug-likeness (QED) is 0.542. The minimum absolute atomic E-state index is 0.0910. The number of hydrogen-bond acceptors (Lipinski definition) is 6. The van der Waals surface area contributed by atoms with Crippen LogP contribution in [0, 0.1) is 6.92 Å². The molecule has 1 heterocycles. The van der Waals surface area contributed by atoms with Crippen LogP contribution in [0.4, 0.5) is 5.69 Å². The molecule has 122 valence electrons. The molecule has 0 spiro atoms. The molecular weight excluding hydrogens is 370 g/mol. The summed E-state index contributed by atoms with van der Waals surface area (Å²) in [5.74, 6) is 1.02. The predicted molar refractivity (Wildman–Crippen MR) is 101 cm³/mol. The van der Waals surface area contributed by atoms with Gasteiger partial charge < -0.3 is 5.32 Å². The van der Waals surface area contributed by atoms with Gasteiger partial charge in [0.2, 0.25) is 5.91 Å². The van der Waals surface area contributed by atoms with E-state index in [0.29, 0.717) is 5.02 Å². The fraction of sp³-hybridized carbons (Fsp3) is 0.267. The summed E-state index contributed by atoms with van der Waals surface area (Å²) in [7, 11) is 0. The van der Waals surface area contributed by atoms with Gasteiger partial charge in [0.1, 0.15) is 0 Å². The lowest BCUT2D eigenvalue weighted by Gasteiger charge is -2.08. The lowest BCUT2D eigenvalue weighted by molar-refractivity contribution is -0.113. The van der Waals surface area contributed by atoms with Crippen molar-refractivity contribution in [1.82, 2.24) is 10.2 Å². The zero-order valence-electron chi connectivity index (χ0n) is 12.8. The SMILES string of the molecule is C=C(C)CSc1nnc(SCC(=O)Nc2cccc(Cl)c2C)s1. The number of hydrogen-bond donors (Lipinski definition) is 1. The van der Waals surface area contributed by atoms with Crippen molar-refractivity contribution < 1.29 is 4.79 Å². The van der Waals surface area contributed by atoms with E-state index in [1.54, 1.807) is 17.8 Å². The molecule has 0 radical (unpaired) electrons. The number of nitrogens with one attached hydrogen (secondary N) is 1. The fourth-order valence-electron chi connectivity index (χ4n) is 1.56. The number of halogens is 1. The van der Waals surface area contributed by atoms with E-state index in [1.165, 1.54) is 23.1 Å². The van der Waals surface area contributed by atoms with Crippen molar-refractivity contribution in [2.45, 2.75) is 22.5 Å². The zero-order chi connectivity index (χ0) is 16.8. The summed E-state index contributed by atoms with van der Waals surface area (Å²) in [4.78, 5) is 12.0. The number of benzene rings is 1. The summed E-state index contributed by atoms with van der Waals surface area (Å²) in [5.41, 5.74) is 2.69. The van der Waals surface area contributed by atoms with Gasteiger partial charge in [0.25, 0.3) is 0 Å². The van der Waals surface area contributed by atoms with Crippen molar-refractivity contribution in [3.05, 3.63) is 40.9 Å². The molecule has 1 aromatic carbocycles. The van der Waals surface area contributed by atoms with Crippen LogP contribution < -0.4 is 5.32 Å². The second-order valence-corrected chi connectivity index (χ2v) is 8.66. The van der Waals surface area contributed by atoms with Crippen LogP contribution in [0.1, 0.15) is 12.5 Å². The van der Waals surface area contributed by atoms with E-state index >= 15 is 0 Å². The van der Waals surface area contributed by atoms with Gasteiger partial charge in [-0.1, -0.05) is 64.7 Å². The molecule has 2 aromatic rings. The van der Waals surface area contributed by atoms with Crippen molar-refractivity contribution >= 4 is 58.1 Å². The molecule has 1 N–H and O–H groups in total. The van der Waals surface area contributed by atoms with Crippen molar-refractivity contribution in [2.24, 2.45) is 0 Å². The fourth-order valence-corrected chi connectivity index (χ4v) is 4.39. The smallest absolute Gasteiger partial charge is 0.234 e. The monoisotopic (exact) mass is 385 g/mol. The maximum atomic E-state index is 12.0. The lowest BCUT2D eigenvalue weighted by Crippen LogP contribution is -2.14. The molecule has 0 unspecified atom stereocenters. The highest BCUT2D eigenvalue weighted by Gasteiger charge is 2.10. The maximum absolute atomic E-state index is 12.0. The highest BCUT2D eigenvalue weighted by Crippen LogP contribution is 2.30. The number of rotatable bonds is 7. The van der Waals surface area contributed by atoms with Gasteiger partial charge >= 0.3 is 0 Å². The zero-order valence-corrected chi connectivity index (χ0v) is 16.0. The van der Waals surface area contributed by atoms with E-state index in [2.05, 4.69) is 22.1 Å². The van der Waals surface area contributed by atoms with Crippen LogP contribution in [0.5, 0.6) is 0 Å². The number of aromatic nitrogens is 2. The molecule has 0 fully saturated rings. The van der Waals surface area contributed by atoms with Crippen molar-refractivity contribution in [2.75, 3.05) is 16.8 Å². The summed E-state index contributed by atoms with van der Waals surface area (Å²) in [6, 6.07) is 5.45. The average Bonchev–Trinajstić information content (AvgIpc) is 2.96. The van der Waals surface area contributed by atoms with Crippen LogP contribution >= 0.6 is 46.5 Å². The second-order valence-electron chi connectivity index (χ2n) is 4.83. The Balaban J connectivity index is 1.85. The highest BCUT2D eigenvalue weighted by molar-refractivity contribution is 8.03. The van der Waals surface area contributed by atoms with E-state index in [4.69, 9.17) is 11.6 Å². The molecule has 0 saturated heterocycles. The van der Waals surface area contributed by atoms with Gasteiger partial charge in [-0.2, -0.15) is 0 Å². The molecule has 0 aliphatic rings. The molecule has 0 aliphatic carbocycles. The van der Waals surface area contributed by atoms with Crippen LogP contribution in [-0.4, -0.2) is 27.6 Å². The van der Waals surface area contributed by atoms with Gasteiger partial charge in [-0.25, -0.2) is 0 Å². The standard InChI is InChI=1S/C15H16ClN3OS3/c1-9(2)7-21-14-18-19-15(23-14)22-8-13(20)17-12-6-4-5-11(16)10(12)3/h4-6H,1,7-8H2,2-3H3,(H,17,20). The molecule has 1 amide bonds. The van der Waals surface area contributed by atoms with Gasteiger partial charge in [0, 0.05) is 16.5 Å². The maximum Gasteiger partial charge on any atom is 0.234 e. The molecule has 0 atom stereocenters. The average molecular weight is 386 g/mol. The molecule has 2 rings (SSSR count). The van der Waals surface area contributed by atoms with E-state index in [0.717, 1.165) is 31.3 Å². The Bertz CT molecular complexity index is 718. The normalized spacial score (nSPS) is 10.6. The summed E-state index contributed by atoms with van der Waals surface area (Å²) < 4.78 is 1.67. The van der Waals surface area contributed by atoms with Crippen LogP contribution in [0.2, 0.25) is 5.02 Å². The summed E-state index contributed by atoms with van der Waals surface area (Å²) in [6.07, 6.45) is 0. The largest absolute Gasteiger partial charge is 0.325 e. The number of anilines is 1. The lowest BCUT2D eigenvalue weighted by atomic mass is 10.2. The first-order valence-corrected chi connectivity index (χ1v) is 9.90. The van der Waals surface area contributed by atoms with Gasteiger partial charge in [-0.05, 0) is 31.5 Å². The topological polar surface area (TPSA) is 54.9 Å². The number of carbonyl (C=O) groups excluding carboxylic acids is 1. The van der Waals surface area contributed by atoms with Crippen molar-refractivity contribution in [3.63, 3.8) is 0 Å². The second kappa shape index (κ2) is 8.73. The van der Waals surface area contributed by atoms with E-state index in [9.17, 15) is 4.79 Å². The molecular formula is C15H16ClN3OS3. The third-order valence-corrected chi connectivity index (χ3v) is 6.53. The van der Waals surface area contributed by atoms with Gasteiger partial charge in [0.15, 0.2) is 8.68 Å². The Morgan fingerprint density at radius 3 is 2.61 bits per heavy atom. The Hall–Kier alpha value is -1.02. The first-order chi connectivity index (χ1) is 11.0. The number of nitrogens with zero attached hydrogens (tertiary/aromatic N) is 2. The molecule has 0 bridgehead atoms. The summed E-state index contributed by atoms with van der Waals surface area (Å²) >= 11 is 10.5. The summed E-state index contributed by atoms with van der Waals surface area (Å²) in [6.45, 7) is 7.71. The van der Waals surface area contributed by atoms with Crippen LogP contribution in [0.15, 0.2) is 39.0 Å². The molecule has 23 heavy (non-hydrogen) atoms. The van der Waals surface area contributed by atoms with E-state index in [-0.39, 0.29) is 11.7 Å². The van der Waals surface area contributed by atoms with Crippen LogP contribution in [-0.2, 0) is 4.79 Å². The van der Waals surface area contributed by atoms with E-state index < -0.39 is 0 Å². The Labute approximate surface area is 153 Å². The van der Waals surface area contributed by atoms with Gasteiger partial charge in [0.05, 0.1) is 5.75 Å². The third kappa shape index (κ3) is 5.84. The minimum Gasteiger partial charge on any atom is -0.325 e. The van der Waals surface area contributed by atoms with Crippen molar-refractivity contribution in [1.29, 1.82) is 0 Å². The first-order valence-electron chi connectivity index (χ1n) is 6.74. The van der Waals surface area contributed by atoms with E-state index in [1.807, 2.05) is 26.0 Å². The van der Waals surface area contributed by atoms with Crippen LogP contribution in [0.3, 0.4) is 0 Å². The molecule has 1 aromatic heterocycles. The molecule has 8 heteroatoms. The molecule has 4 nitrogen and oxygen atoms in total. The predicted octanol–water partition coefficient (Wildman–Crippen LogP) is 4.90. The Morgan fingerprint density at radius 2 is 1.96 bits per heavy atom. The third-order valence-electron chi connectivity index (χ3n) is 2.70. The minimum atomic E-state index is -0.0910. The highest BCUT2D eigenvalue weighted by atomic mass is 35.5. The first kappa shape index (κ1) is 18.3. The summed E-state index contributed by atoms with van der Waals surface area (Å²) in [5, 5.41) is 11.7. The Kier molecular flexibility index (Phi) is 6.95. The number of thioether (sulfide) groups is 2. The molecule has 0 saturated carbocycles. The van der Waals surface area contributed by atoms with Crippen LogP contribution in [0.25, 0.3) is 0 Å². The number of carbonyl (C=O) groups is 1. The van der Waals surface area contributed by atoms with Gasteiger partial charge in [-0.15, -0.1) is 10.2 Å².